The van der Waals surface area contributed by atoms with Gasteiger partial charge in [0.1, 0.15) is 0 Å². The maximum atomic E-state index is 12.2. The number of aliphatic hydroxyl groups excluding tert-OH is 1. The molecule has 3 atom stereocenters. The fraction of sp³-hybridized carbons (Fsp3) is 0.917. The Bertz CT molecular complexity index is 251. The minimum Gasteiger partial charge on any atom is -0.393 e. The highest BCUT2D eigenvalue weighted by molar-refractivity contribution is 5.82. The third kappa shape index (κ3) is 2.55. The van der Waals surface area contributed by atoms with Gasteiger partial charge in [-0.25, -0.2) is 0 Å². The van der Waals surface area contributed by atoms with Crippen LogP contribution in [0.25, 0.3) is 0 Å². The summed E-state index contributed by atoms with van der Waals surface area (Å²) < 4.78 is 0. The Morgan fingerprint density at radius 1 is 1.38 bits per heavy atom. The summed E-state index contributed by atoms with van der Waals surface area (Å²) in [4.78, 5) is 14.1. The Morgan fingerprint density at radius 2 is 2.19 bits per heavy atom. The van der Waals surface area contributed by atoms with Gasteiger partial charge >= 0.3 is 0 Å². The lowest BCUT2D eigenvalue weighted by atomic mass is 9.95. The number of nitrogens with zero attached hydrogens (tertiary/aromatic N) is 1. The van der Waals surface area contributed by atoms with Gasteiger partial charge in [0.15, 0.2) is 0 Å². The SMILES string of the molecule is C[C@@H]1CN(C(=O)[C@@H]2CCCCN2)CC[C@@H]1O. The minimum atomic E-state index is -0.233. The summed E-state index contributed by atoms with van der Waals surface area (Å²) >= 11 is 0. The Labute approximate surface area is 97.0 Å². The van der Waals surface area contributed by atoms with Crippen molar-refractivity contribution in [3.8, 4) is 0 Å². The average molecular weight is 226 g/mol. The maximum absolute atomic E-state index is 12.2. The van der Waals surface area contributed by atoms with Crippen molar-refractivity contribution in [2.75, 3.05) is 19.6 Å². The van der Waals surface area contributed by atoms with Gasteiger partial charge in [0.05, 0.1) is 12.1 Å². The smallest absolute Gasteiger partial charge is 0.239 e. The molecule has 4 heteroatoms. The second-order valence-electron chi connectivity index (χ2n) is 5.12. The van der Waals surface area contributed by atoms with Crippen molar-refractivity contribution in [1.82, 2.24) is 10.2 Å². The molecule has 2 saturated heterocycles. The highest BCUT2D eigenvalue weighted by Gasteiger charge is 2.31. The molecule has 0 radical (unpaired) electrons. The van der Waals surface area contributed by atoms with Crippen LogP contribution in [0.3, 0.4) is 0 Å². The predicted molar refractivity (Wildman–Crippen MR) is 62.0 cm³/mol. The lowest BCUT2D eigenvalue weighted by molar-refractivity contribution is -0.137. The third-order valence-electron chi connectivity index (χ3n) is 3.78. The summed E-state index contributed by atoms with van der Waals surface area (Å²) in [6.07, 6.45) is 3.78. The van der Waals surface area contributed by atoms with E-state index in [0.29, 0.717) is 13.1 Å². The van der Waals surface area contributed by atoms with E-state index in [1.807, 2.05) is 11.8 Å². The van der Waals surface area contributed by atoms with Crippen LogP contribution in [-0.4, -0.2) is 47.7 Å². The van der Waals surface area contributed by atoms with E-state index in [4.69, 9.17) is 0 Å². The zero-order valence-electron chi connectivity index (χ0n) is 9.98. The Hall–Kier alpha value is -0.610. The first-order valence-electron chi connectivity index (χ1n) is 6.38. The molecule has 2 aliphatic heterocycles. The van der Waals surface area contributed by atoms with E-state index in [9.17, 15) is 9.90 Å². The van der Waals surface area contributed by atoms with Crippen molar-refractivity contribution in [3.63, 3.8) is 0 Å². The van der Waals surface area contributed by atoms with Crippen LogP contribution in [0, 0.1) is 5.92 Å². The molecule has 4 nitrogen and oxygen atoms in total. The van der Waals surface area contributed by atoms with E-state index in [1.165, 1.54) is 6.42 Å². The third-order valence-corrected chi connectivity index (χ3v) is 3.78. The molecule has 16 heavy (non-hydrogen) atoms. The first kappa shape index (κ1) is 11.9. The predicted octanol–water partition coefficient (Wildman–Crippen LogP) is 0.358. The molecule has 92 valence electrons. The summed E-state index contributed by atoms with van der Waals surface area (Å²) in [5, 5.41) is 12.9. The first-order chi connectivity index (χ1) is 7.68. The number of carbonyl (C=O) groups is 1. The fourth-order valence-electron chi connectivity index (χ4n) is 2.62. The Kier molecular flexibility index (Phi) is 3.82. The van der Waals surface area contributed by atoms with Crippen molar-refractivity contribution in [2.45, 2.75) is 44.8 Å². The molecular weight excluding hydrogens is 204 g/mol. The number of nitrogens with one attached hydrogen (secondary N) is 1. The van der Waals surface area contributed by atoms with Crippen LogP contribution in [0.15, 0.2) is 0 Å². The molecule has 2 aliphatic rings. The van der Waals surface area contributed by atoms with Gasteiger partial charge in [0, 0.05) is 13.1 Å². The minimum absolute atomic E-state index is 0.0243. The lowest BCUT2D eigenvalue weighted by Gasteiger charge is -2.37. The molecule has 2 rings (SSSR count). The molecule has 0 bridgehead atoms. The van der Waals surface area contributed by atoms with Crippen molar-refractivity contribution >= 4 is 5.91 Å². The Balaban J connectivity index is 1.89. The van der Waals surface area contributed by atoms with E-state index < -0.39 is 0 Å². The van der Waals surface area contributed by atoms with Gasteiger partial charge in [-0.05, 0) is 31.7 Å². The molecule has 2 fully saturated rings. The van der Waals surface area contributed by atoms with E-state index >= 15 is 0 Å². The van der Waals surface area contributed by atoms with E-state index in [1.54, 1.807) is 0 Å². The molecule has 0 aromatic rings. The van der Waals surface area contributed by atoms with Gasteiger partial charge < -0.3 is 15.3 Å². The number of likely N-dealkylation sites (tertiary alicyclic amines) is 1. The number of hydrogen-bond acceptors (Lipinski definition) is 3. The highest BCUT2D eigenvalue weighted by Crippen LogP contribution is 2.19. The molecule has 0 saturated carbocycles. The van der Waals surface area contributed by atoms with Gasteiger partial charge in [0.25, 0.3) is 0 Å². The van der Waals surface area contributed by atoms with E-state index in [2.05, 4.69) is 5.32 Å². The zero-order chi connectivity index (χ0) is 11.5. The van der Waals surface area contributed by atoms with Crippen LogP contribution >= 0.6 is 0 Å². The van der Waals surface area contributed by atoms with Crippen molar-refractivity contribution < 1.29 is 9.90 Å². The average Bonchev–Trinajstić information content (AvgIpc) is 2.33. The van der Waals surface area contributed by atoms with Crippen LogP contribution in [0.2, 0.25) is 0 Å². The number of carbonyl (C=O) groups excluding carboxylic acids is 1. The van der Waals surface area contributed by atoms with Gasteiger partial charge in [0.2, 0.25) is 5.91 Å². The molecule has 0 spiro atoms. The fourth-order valence-corrected chi connectivity index (χ4v) is 2.62. The molecule has 0 unspecified atom stereocenters. The van der Waals surface area contributed by atoms with E-state index in [0.717, 1.165) is 25.8 Å². The van der Waals surface area contributed by atoms with Crippen molar-refractivity contribution in [1.29, 1.82) is 0 Å². The number of rotatable bonds is 1. The van der Waals surface area contributed by atoms with Crippen LogP contribution in [0.5, 0.6) is 0 Å². The number of amides is 1. The summed E-state index contributed by atoms with van der Waals surface area (Å²) in [6, 6.07) is 0.0243. The number of aliphatic hydroxyl groups is 1. The van der Waals surface area contributed by atoms with Crippen molar-refractivity contribution in [3.05, 3.63) is 0 Å². The van der Waals surface area contributed by atoms with Gasteiger partial charge in [-0.3, -0.25) is 4.79 Å². The van der Waals surface area contributed by atoms with Gasteiger partial charge in [-0.2, -0.15) is 0 Å². The molecule has 1 amide bonds. The molecule has 2 N–H and O–H groups in total. The number of hydrogen-bond donors (Lipinski definition) is 2. The van der Waals surface area contributed by atoms with Crippen molar-refractivity contribution in [2.24, 2.45) is 5.92 Å². The molecule has 0 aromatic heterocycles. The number of piperidine rings is 2. The standard InChI is InChI=1S/C12H22N2O2/c1-9-8-14(7-5-11(9)15)12(16)10-4-2-3-6-13-10/h9-11,13,15H,2-8H2,1H3/t9-,10+,11+/m1/s1. The quantitative estimate of drug-likeness (QED) is 0.678. The Morgan fingerprint density at radius 3 is 2.81 bits per heavy atom. The summed E-state index contributed by atoms with van der Waals surface area (Å²) in [5.41, 5.74) is 0. The zero-order valence-corrected chi connectivity index (χ0v) is 9.98. The van der Waals surface area contributed by atoms with Crippen LogP contribution in [-0.2, 0) is 4.79 Å². The highest BCUT2D eigenvalue weighted by atomic mass is 16.3. The van der Waals surface area contributed by atoms with Crippen LogP contribution in [0.1, 0.15) is 32.6 Å². The maximum Gasteiger partial charge on any atom is 0.239 e. The van der Waals surface area contributed by atoms with Gasteiger partial charge in [-0.15, -0.1) is 0 Å². The molecule has 0 aliphatic carbocycles. The first-order valence-corrected chi connectivity index (χ1v) is 6.38. The molecular formula is C12H22N2O2. The second kappa shape index (κ2) is 5.15. The van der Waals surface area contributed by atoms with Crippen LogP contribution in [0.4, 0.5) is 0 Å². The van der Waals surface area contributed by atoms with Gasteiger partial charge in [-0.1, -0.05) is 13.3 Å². The van der Waals surface area contributed by atoms with Crippen LogP contribution < -0.4 is 5.32 Å². The second-order valence-corrected chi connectivity index (χ2v) is 5.12. The lowest BCUT2D eigenvalue weighted by Crippen LogP contribution is -2.53. The summed E-state index contributed by atoms with van der Waals surface area (Å²) in [7, 11) is 0. The molecule has 0 aromatic carbocycles. The summed E-state index contributed by atoms with van der Waals surface area (Å²) in [6.45, 7) is 4.39. The normalized spacial score (nSPS) is 36.1. The molecule has 2 heterocycles. The topological polar surface area (TPSA) is 52.6 Å². The summed E-state index contributed by atoms with van der Waals surface area (Å²) in [5.74, 6) is 0.444. The largest absolute Gasteiger partial charge is 0.393 e. The van der Waals surface area contributed by atoms with E-state index in [-0.39, 0.29) is 24.0 Å². The monoisotopic (exact) mass is 226 g/mol.